The zero-order chi connectivity index (χ0) is 10.7. The summed E-state index contributed by atoms with van der Waals surface area (Å²) in [6.07, 6.45) is 8.02. The topological polar surface area (TPSA) is 61.6 Å². The van der Waals surface area contributed by atoms with Crippen molar-refractivity contribution in [1.82, 2.24) is 9.97 Å². The van der Waals surface area contributed by atoms with Crippen molar-refractivity contribution in [2.75, 3.05) is 5.32 Å². The molecule has 0 bridgehead atoms. The van der Waals surface area contributed by atoms with E-state index >= 15 is 0 Å². The summed E-state index contributed by atoms with van der Waals surface area (Å²) in [5.41, 5.74) is 0.514. The number of hydrogen-bond donors (Lipinski definition) is 1. The number of nitrogens with one attached hydrogen (secondary N) is 1. The van der Waals surface area contributed by atoms with Crippen molar-refractivity contribution in [3.05, 3.63) is 18.1 Å². The summed E-state index contributed by atoms with van der Waals surface area (Å²) in [4.78, 5) is 8.15. The van der Waals surface area contributed by atoms with Crippen molar-refractivity contribution < 1.29 is 0 Å². The Labute approximate surface area is 89.4 Å². The minimum atomic E-state index is 0.156. The molecule has 0 aliphatic heterocycles. The third kappa shape index (κ3) is 2.24. The molecule has 1 fully saturated rings. The van der Waals surface area contributed by atoms with Crippen LogP contribution in [0.1, 0.15) is 38.3 Å². The molecule has 0 saturated heterocycles. The Kier molecular flexibility index (Phi) is 2.55. The number of hydrogen-bond acceptors (Lipinski definition) is 4. The van der Waals surface area contributed by atoms with Gasteiger partial charge in [-0.25, -0.2) is 9.97 Å². The first-order valence-electron chi connectivity index (χ1n) is 5.22. The van der Waals surface area contributed by atoms with Gasteiger partial charge < -0.3 is 5.32 Å². The molecule has 0 radical (unpaired) electrons. The van der Waals surface area contributed by atoms with Crippen LogP contribution in [-0.2, 0) is 0 Å². The van der Waals surface area contributed by atoms with Crippen LogP contribution in [0.25, 0.3) is 0 Å². The maximum Gasteiger partial charge on any atom is 0.158 e. The van der Waals surface area contributed by atoms with Gasteiger partial charge in [-0.05, 0) is 19.8 Å². The van der Waals surface area contributed by atoms with Crippen LogP contribution in [0.4, 0.5) is 5.82 Å². The molecule has 1 aromatic rings. The number of nitrogens with zero attached hydrogens (tertiary/aromatic N) is 3. The lowest BCUT2D eigenvalue weighted by Crippen LogP contribution is -2.31. The Morgan fingerprint density at radius 3 is 2.60 bits per heavy atom. The summed E-state index contributed by atoms with van der Waals surface area (Å²) in [7, 11) is 0. The normalized spacial score (nSPS) is 18.4. The minimum Gasteiger partial charge on any atom is -0.364 e. The highest BCUT2D eigenvalue weighted by Gasteiger charge is 2.28. The third-order valence-electron chi connectivity index (χ3n) is 2.90. The lowest BCUT2D eigenvalue weighted by atomic mass is 10.0. The van der Waals surface area contributed by atoms with Gasteiger partial charge in [0.2, 0.25) is 0 Å². The first-order valence-corrected chi connectivity index (χ1v) is 5.22. The molecule has 1 aliphatic carbocycles. The largest absolute Gasteiger partial charge is 0.364 e. The molecule has 0 unspecified atom stereocenters. The molecule has 0 spiro atoms. The fraction of sp³-hybridized carbons (Fsp3) is 0.545. The monoisotopic (exact) mass is 202 g/mol. The molecule has 0 atom stereocenters. The van der Waals surface area contributed by atoms with E-state index in [2.05, 4.69) is 22.2 Å². The quantitative estimate of drug-likeness (QED) is 0.797. The van der Waals surface area contributed by atoms with Gasteiger partial charge in [0, 0.05) is 5.54 Å². The van der Waals surface area contributed by atoms with Crippen LogP contribution in [0.3, 0.4) is 0 Å². The Morgan fingerprint density at radius 2 is 2.07 bits per heavy atom. The summed E-state index contributed by atoms with van der Waals surface area (Å²) >= 11 is 0. The highest BCUT2D eigenvalue weighted by atomic mass is 15.1. The lowest BCUT2D eigenvalue weighted by molar-refractivity contribution is 0.530. The fourth-order valence-corrected chi connectivity index (χ4v) is 2.04. The van der Waals surface area contributed by atoms with E-state index in [4.69, 9.17) is 5.26 Å². The molecule has 1 N–H and O–H groups in total. The summed E-state index contributed by atoms with van der Waals surface area (Å²) in [5, 5.41) is 12.0. The fourth-order valence-electron chi connectivity index (χ4n) is 2.04. The number of anilines is 1. The highest BCUT2D eigenvalue weighted by molar-refractivity contribution is 5.36. The smallest absolute Gasteiger partial charge is 0.158 e. The molecular weight excluding hydrogens is 188 g/mol. The van der Waals surface area contributed by atoms with Gasteiger partial charge in [0.25, 0.3) is 0 Å². The van der Waals surface area contributed by atoms with Crippen LogP contribution in [0.5, 0.6) is 0 Å². The summed E-state index contributed by atoms with van der Waals surface area (Å²) < 4.78 is 0. The van der Waals surface area contributed by atoms with E-state index in [-0.39, 0.29) is 5.54 Å². The first kappa shape index (κ1) is 9.91. The van der Waals surface area contributed by atoms with Crippen molar-refractivity contribution in [3.63, 3.8) is 0 Å². The van der Waals surface area contributed by atoms with Crippen molar-refractivity contribution in [1.29, 1.82) is 5.26 Å². The summed E-state index contributed by atoms with van der Waals surface area (Å²) in [6, 6.07) is 1.96. The van der Waals surface area contributed by atoms with Crippen molar-refractivity contribution in [2.45, 2.75) is 38.1 Å². The predicted molar refractivity (Wildman–Crippen MR) is 57.2 cm³/mol. The van der Waals surface area contributed by atoms with Gasteiger partial charge in [-0.1, -0.05) is 12.8 Å². The van der Waals surface area contributed by atoms with Crippen LogP contribution in [0.15, 0.2) is 12.4 Å². The lowest BCUT2D eigenvalue weighted by Gasteiger charge is -2.25. The average Bonchev–Trinajstić information content (AvgIpc) is 2.66. The molecule has 15 heavy (non-hydrogen) atoms. The van der Waals surface area contributed by atoms with E-state index in [9.17, 15) is 0 Å². The summed E-state index contributed by atoms with van der Waals surface area (Å²) in [5.74, 6) is 0.762. The molecule has 1 heterocycles. The summed E-state index contributed by atoms with van der Waals surface area (Å²) in [6.45, 7) is 2.21. The van der Waals surface area contributed by atoms with Gasteiger partial charge in [0.05, 0.1) is 12.4 Å². The van der Waals surface area contributed by atoms with E-state index in [0.29, 0.717) is 5.69 Å². The molecule has 4 heteroatoms. The molecular formula is C11H14N4. The van der Waals surface area contributed by atoms with Gasteiger partial charge >= 0.3 is 0 Å². The van der Waals surface area contributed by atoms with E-state index < -0.39 is 0 Å². The van der Waals surface area contributed by atoms with Crippen LogP contribution < -0.4 is 5.32 Å². The highest BCUT2D eigenvalue weighted by Crippen LogP contribution is 2.31. The Morgan fingerprint density at radius 1 is 1.33 bits per heavy atom. The zero-order valence-electron chi connectivity index (χ0n) is 8.82. The van der Waals surface area contributed by atoms with E-state index in [0.717, 1.165) is 5.82 Å². The number of aromatic nitrogens is 2. The molecule has 0 aromatic carbocycles. The van der Waals surface area contributed by atoms with E-state index in [1.54, 1.807) is 6.20 Å². The van der Waals surface area contributed by atoms with E-state index in [1.165, 1.54) is 31.9 Å². The second-order valence-corrected chi connectivity index (χ2v) is 4.29. The van der Waals surface area contributed by atoms with Gasteiger partial charge in [0.15, 0.2) is 5.69 Å². The number of nitriles is 1. The minimum absolute atomic E-state index is 0.156. The Balaban J connectivity index is 2.08. The molecule has 2 rings (SSSR count). The van der Waals surface area contributed by atoms with Crippen molar-refractivity contribution in [3.8, 4) is 6.07 Å². The van der Waals surface area contributed by atoms with Crippen LogP contribution >= 0.6 is 0 Å². The van der Waals surface area contributed by atoms with Gasteiger partial charge in [-0.15, -0.1) is 0 Å². The molecule has 1 saturated carbocycles. The molecule has 4 nitrogen and oxygen atoms in total. The van der Waals surface area contributed by atoms with E-state index in [1.807, 2.05) is 6.07 Å². The number of rotatable bonds is 2. The SMILES string of the molecule is CC1(Nc2cnc(C#N)cn2)CCCC1. The second kappa shape index (κ2) is 3.85. The standard InChI is InChI=1S/C11H14N4/c1-11(4-2-3-5-11)15-10-8-13-9(6-12)7-14-10/h7-8H,2-5H2,1H3,(H,14,15). The molecule has 0 amide bonds. The first-order chi connectivity index (χ1) is 7.22. The van der Waals surface area contributed by atoms with Crippen LogP contribution in [0, 0.1) is 11.3 Å². The zero-order valence-corrected chi connectivity index (χ0v) is 8.82. The molecule has 78 valence electrons. The van der Waals surface area contributed by atoms with Gasteiger partial charge in [0.1, 0.15) is 11.9 Å². The van der Waals surface area contributed by atoms with Gasteiger partial charge in [-0.3, -0.25) is 0 Å². The van der Waals surface area contributed by atoms with Crippen molar-refractivity contribution >= 4 is 5.82 Å². The molecule has 1 aromatic heterocycles. The predicted octanol–water partition coefficient (Wildman–Crippen LogP) is 2.09. The van der Waals surface area contributed by atoms with Crippen molar-refractivity contribution in [2.24, 2.45) is 0 Å². The maximum atomic E-state index is 8.59. The second-order valence-electron chi connectivity index (χ2n) is 4.29. The van der Waals surface area contributed by atoms with Crippen LogP contribution in [0.2, 0.25) is 0 Å². The molecule has 1 aliphatic rings. The Bertz CT molecular complexity index is 371. The van der Waals surface area contributed by atoms with Crippen LogP contribution in [-0.4, -0.2) is 15.5 Å². The maximum absolute atomic E-state index is 8.59. The Hall–Kier alpha value is -1.63. The third-order valence-corrected chi connectivity index (χ3v) is 2.90. The average molecular weight is 202 g/mol. The van der Waals surface area contributed by atoms with Gasteiger partial charge in [-0.2, -0.15) is 5.26 Å².